The number of fused-ring (bicyclic) bond motifs is 1. The molecule has 4 aromatic rings. The smallest absolute Gasteiger partial charge is 0.406 e. The number of aromatic nitrogens is 1. The first-order valence-electron chi connectivity index (χ1n) is 12.1. The van der Waals surface area contributed by atoms with Crippen molar-refractivity contribution in [1.82, 2.24) is 4.57 Å². The third-order valence-electron chi connectivity index (χ3n) is 6.54. The second-order valence-electron chi connectivity index (χ2n) is 9.47. The Morgan fingerprint density at radius 1 is 0.892 bits per heavy atom. The summed E-state index contributed by atoms with van der Waals surface area (Å²) in [6, 6.07) is 19.0. The van der Waals surface area contributed by atoms with E-state index in [-0.39, 0.29) is 23.5 Å². The van der Waals surface area contributed by atoms with Gasteiger partial charge in [0, 0.05) is 36.0 Å². The standard InChI is InChI=1S/C29H27F3N2O3/c1-18-15-34(23-11-9-22(10-12-23)33-16-19(2)36-20(3)17-33)28(35)26-6-4-5-25(27(18)26)21-7-13-24(14-8-21)37-29(30,31)32/h4-15,19-20H,16-17H2,1-3H3/t19-,20+. The zero-order chi connectivity index (χ0) is 26.3. The van der Waals surface area contributed by atoms with Crippen molar-refractivity contribution in [3.05, 3.63) is 88.8 Å². The number of benzene rings is 3. The van der Waals surface area contributed by atoms with Gasteiger partial charge in [0.15, 0.2) is 0 Å². The van der Waals surface area contributed by atoms with Crippen LogP contribution in [0.2, 0.25) is 0 Å². The first kappa shape index (κ1) is 24.9. The quantitative estimate of drug-likeness (QED) is 0.317. The normalized spacial score (nSPS) is 18.3. The van der Waals surface area contributed by atoms with E-state index >= 15 is 0 Å². The van der Waals surface area contributed by atoms with Crippen LogP contribution in [0.3, 0.4) is 0 Å². The van der Waals surface area contributed by atoms with Crippen molar-refractivity contribution in [3.8, 4) is 22.6 Å². The fourth-order valence-corrected chi connectivity index (χ4v) is 5.08. The molecular weight excluding hydrogens is 481 g/mol. The zero-order valence-electron chi connectivity index (χ0n) is 20.8. The Hall–Kier alpha value is -3.78. The number of halogens is 3. The predicted molar refractivity (Wildman–Crippen MR) is 139 cm³/mol. The highest BCUT2D eigenvalue weighted by molar-refractivity contribution is 5.98. The van der Waals surface area contributed by atoms with E-state index in [1.807, 2.05) is 43.5 Å². The molecule has 0 saturated carbocycles. The van der Waals surface area contributed by atoms with Gasteiger partial charge < -0.3 is 14.4 Å². The molecule has 0 unspecified atom stereocenters. The molecule has 1 aliphatic rings. The molecule has 5 nitrogen and oxygen atoms in total. The van der Waals surface area contributed by atoms with E-state index in [1.54, 1.807) is 28.8 Å². The summed E-state index contributed by atoms with van der Waals surface area (Å²) in [6.45, 7) is 7.67. The van der Waals surface area contributed by atoms with Crippen LogP contribution in [0.4, 0.5) is 18.9 Å². The maximum Gasteiger partial charge on any atom is 0.573 e. The van der Waals surface area contributed by atoms with Crippen LogP contribution in [0.5, 0.6) is 5.75 Å². The molecule has 5 rings (SSSR count). The van der Waals surface area contributed by atoms with Crippen LogP contribution < -0.4 is 15.2 Å². The lowest BCUT2D eigenvalue weighted by Gasteiger charge is -2.36. The van der Waals surface area contributed by atoms with Crippen molar-refractivity contribution in [1.29, 1.82) is 0 Å². The fourth-order valence-electron chi connectivity index (χ4n) is 5.08. The van der Waals surface area contributed by atoms with Gasteiger partial charge in [-0.3, -0.25) is 9.36 Å². The van der Waals surface area contributed by atoms with Gasteiger partial charge >= 0.3 is 6.36 Å². The van der Waals surface area contributed by atoms with Gasteiger partial charge in [-0.15, -0.1) is 13.2 Å². The van der Waals surface area contributed by atoms with E-state index in [4.69, 9.17) is 4.74 Å². The monoisotopic (exact) mass is 508 g/mol. The van der Waals surface area contributed by atoms with Crippen LogP contribution >= 0.6 is 0 Å². The molecule has 0 amide bonds. The maximum atomic E-state index is 13.5. The highest BCUT2D eigenvalue weighted by Gasteiger charge is 2.31. The van der Waals surface area contributed by atoms with Gasteiger partial charge in [0.25, 0.3) is 5.56 Å². The van der Waals surface area contributed by atoms with Crippen molar-refractivity contribution in [2.45, 2.75) is 39.3 Å². The van der Waals surface area contributed by atoms with Crippen molar-refractivity contribution >= 4 is 16.5 Å². The maximum absolute atomic E-state index is 13.5. The molecule has 3 aromatic carbocycles. The van der Waals surface area contributed by atoms with Crippen LogP contribution in [-0.2, 0) is 4.74 Å². The molecule has 0 spiro atoms. The highest BCUT2D eigenvalue weighted by atomic mass is 19.4. The average molecular weight is 509 g/mol. The number of anilines is 1. The Balaban J connectivity index is 1.50. The minimum absolute atomic E-state index is 0.150. The molecule has 1 aromatic heterocycles. The van der Waals surface area contributed by atoms with Gasteiger partial charge in [-0.05, 0) is 85.3 Å². The first-order valence-corrected chi connectivity index (χ1v) is 12.1. The van der Waals surface area contributed by atoms with Gasteiger partial charge in [-0.2, -0.15) is 0 Å². The summed E-state index contributed by atoms with van der Waals surface area (Å²) in [5.74, 6) is -0.292. The lowest BCUT2D eigenvalue weighted by molar-refractivity contribution is -0.274. The summed E-state index contributed by atoms with van der Waals surface area (Å²) in [7, 11) is 0. The summed E-state index contributed by atoms with van der Waals surface area (Å²) in [6.07, 6.45) is -2.64. The molecule has 37 heavy (non-hydrogen) atoms. The number of alkyl halides is 3. The van der Waals surface area contributed by atoms with Crippen LogP contribution in [0.15, 0.2) is 77.7 Å². The summed E-state index contributed by atoms with van der Waals surface area (Å²) in [5, 5.41) is 1.30. The molecule has 0 bridgehead atoms. The molecule has 0 radical (unpaired) electrons. The molecule has 0 aliphatic carbocycles. The second-order valence-corrected chi connectivity index (χ2v) is 9.47. The van der Waals surface area contributed by atoms with Crippen molar-refractivity contribution < 1.29 is 22.6 Å². The lowest BCUT2D eigenvalue weighted by atomic mass is 9.96. The van der Waals surface area contributed by atoms with Gasteiger partial charge in [-0.1, -0.05) is 24.3 Å². The van der Waals surface area contributed by atoms with E-state index in [0.717, 1.165) is 41.0 Å². The van der Waals surface area contributed by atoms with Crippen LogP contribution in [0.25, 0.3) is 27.6 Å². The van der Waals surface area contributed by atoms with E-state index in [2.05, 4.69) is 23.5 Å². The average Bonchev–Trinajstić information content (AvgIpc) is 2.85. The second kappa shape index (κ2) is 9.59. The molecule has 1 aliphatic heterocycles. The van der Waals surface area contributed by atoms with Crippen LogP contribution in [0.1, 0.15) is 19.4 Å². The summed E-state index contributed by atoms with van der Waals surface area (Å²) in [4.78, 5) is 15.8. The van der Waals surface area contributed by atoms with Crippen LogP contribution in [0, 0.1) is 6.92 Å². The Morgan fingerprint density at radius 2 is 1.51 bits per heavy atom. The van der Waals surface area contributed by atoms with E-state index < -0.39 is 6.36 Å². The number of pyridine rings is 1. The van der Waals surface area contributed by atoms with Gasteiger partial charge in [0.05, 0.1) is 12.2 Å². The molecule has 192 valence electrons. The SMILES string of the molecule is Cc1cn(-c2ccc(N3C[C@@H](C)O[C@@H](C)C3)cc2)c(=O)c2cccc(-c3ccc(OC(F)(F)F)cc3)c12. The highest BCUT2D eigenvalue weighted by Crippen LogP contribution is 2.32. The van der Waals surface area contributed by atoms with Crippen molar-refractivity contribution in [2.75, 3.05) is 18.0 Å². The van der Waals surface area contributed by atoms with Crippen LogP contribution in [-0.4, -0.2) is 36.2 Å². The van der Waals surface area contributed by atoms with Crippen molar-refractivity contribution in [2.24, 2.45) is 0 Å². The minimum atomic E-state index is -4.75. The fraction of sp³-hybridized carbons (Fsp3) is 0.276. The van der Waals surface area contributed by atoms with E-state index in [0.29, 0.717) is 10.9 Å². The predicted octanol–water partition coefficient (Wildman–Crippen LogP) is 6.48. The number of rotatable bonds is 4. The number of morpholine rings is 1. The van der Waals surface area contributed by atoms with E-state index in [1.165, 1.54) is 12.1 Å². The summed E-state index contributed by atoms with van der Waals surface area (Å²) >= 11 is 0. The zero-order valence-corrected chi connectivity index (χ0v) is 20.8. The molecular formula is C29H27F3N2O3. The molecule has 2 heterocycles. The van der Waals surface area contributed by atoms with Gasteiger partial charge in [0.2, 0.25) is 0 Å². The largest absolute Gasteiger partial charge is 0.573 e. The van der Waals surface area contributed by atoms with Crippen molar-refractivity contribution in [3.63, 3.8) is 0 Å². The Bertz CT molecular complexity index is 1470. The van der Waals surface area contributed by atoms with Gasteiger partial charge in [-0.25, -0.2) is 0 Å². The number of aryl methyl sites for hydroxylation is 1. The minimum Gasteiger partial charge on any atom is -0.406 e. The third-order valence-corrected chi connectivity index (χ3v) is 6.54. The summed E-state index contributed by atoms with van der Waals surface area (Å²) in [5.41, 5.74) is 4.01. The van der Waals surface area contributed by atoms with E-state index in [9.17, 15) is 18.0 Å². The van der Waals surface area contributed by atoms with Gasteiger partial charge in [0.1, 0.15) is 5.75 Å². The lowest BCUT2D eigenvalue weighted by Crippen LogP contribution is -2.45. The summed E-state index contributed by atoms with van der Waals surface area (Å²) < 4.78 is 49.0. The molecule has 8 heteroatoms. The topological polar surface area (TPSA) is 43.7 Å². The number of hydrogen-bond acceptors (Lipinski definition) is 4. The number of hydrogen-bond donors (Lipinski definition) is 0. The molecule has 1 saturated heterocycles. The Kier molecular flexibility index (Phi) is 6.45. The number of ether oxygens (including phenoxy) is 2. The number of nitrogens with zero attached hydrogens (tertiary/aromatic N) is 2. The molecule has 0 N–H and O–H groups in total. The third kappa shape index (κ3) is 5.20. The first-order chi connectivity index (χ1) is 17.6. The molecule has 2 atom stereocenters. The Labute approximate surface area is 212 Å². The molecule has 1 fully saturated rings. The Morgan fingerprint density at radius 3 is 2.14 bits per heavy atom.